The molecular formula is C15H28N2+2. The number of hydrogen-bond acceptors (Lipinski definition) is 0. The standard InChI is InChI=1S/C15H26N2/c1-16-2-4-17(5-3-16)15-13-7-11-6-12(9-13)10-14(15)8-11/h11-15H,2-10H2,1H3/p+2. The van der Waals surface area contributed by atoms with Crippen LogP contribution in [0.1, 0.15) is 32.1 Å². The first-order valence-corrected chi connectivity index (χ1v) is 7.95. The molecule has 4 saturated carbocycles. The van der Waals surface area contributed by atoms with Gasteiger partial charge >= 0.3 is 0 Å². The molecule has 17 heavy (non-hydrogen) atoms. The van der Waals surface area contributed by atoms with E-state index in [4.69, 9.17) is 0 Å². The number of likely N-dealkylation sites (N-methyl/N-ethyl adjacent to an activating group) is 1. The van der Waals surface area contributed by atoms with Gasteiger partial charge in [0.15, 0.2) is 0 Å². The second kappa shape index (κ2) is 3.96. The third-order valence-corrected chi connectivity index (χ3v) is 6.44. The van der Waals surface area contributed by atoms with Crippen molar-refractivity contribution in [3.8, 4) is 0 Å². The van der Waals surface area contributed by atoms with Gasteiger partial charge in [-0.2, -0.15) is 0 Å². The summed E-state index contributed by atoms with van der Waals surface area (Å²) in [5, 5.41) is 0. The Kier molecular flexibility index (Phi) is 2.52. The fraction of sp³-hybridized carbons (Fsp3) is 1.00. The summed E-state index contributed by atoms with van der Waals surface area (Å²) in [5.74, 6) is 4.54. The van der Waals surface area contributed by atoms with Gasteiger partial charge in [0.25, 0.3) is 0 Å². The highest BCUT2D eigenvalue weighted by Crippen LogP contribution is 2.52. The van der Waals surface area contributed by atoms with Gasteiger partial charge in [0.1, 0.15) is 26.2 Å². The van der Waals surface area contributed by atoms with Gasteiger partial charge < -0.3 is 9.80 Å². The number of nitrogens with one attached hydrogen (secondary N) is 2. The van der Waals surface area contributed by atoms with Crippen molar-refractivity contribution in [1.82, 2.24) is 0 Å². The summed E-state index contributed by atoms with van der Waals surface area (Å²) >= 11 is 0. The third-order valence-electron chi connectivity index (χ3n) is 6.44. The molecule has 0 unspecified atom stereocenters. The van der Waals surface area contributed by atoms with Crippen LogP contribution >= 0.6 is 0 Å². The SMILES string of the molecule is C[NH+]1CC[NH+](C2C3CC4CC(C3)CC2C4)CC1. The number of rotatable bonds is 1. The number of quaternary nitrogens is 2. The van der Waals surface area contributed by atoms with E-state index in [9.17, 15) is 0 Å². The van der Waals surface area contributed by atoms with E-state index in [1.165, 1.54) is 26.2 Å². The first kappa shape index (κ1) is 10.8. The highest BCUT2D eigenvalue weighted by atomic mass is 15.3. The van der Waals surface area contributed by atoms with Crippen LogP contribution in [-0.2, 0) is 0 Å². The molecule has 1 saturated heterocycles. The van der Waals surface area contributed by atoms with Gasteiger partial charge in [-0.3, -0.25) is 0 Å². The van der Waals surface area contributed by atoms with Gasteiger partial charge in [-0.1, -0.05) is 0 Å². The molecule has 5 rings (SSSR count). The molecule has 1 heterocycles. The third kappa shape index (κ3) is 1.76. The Labute approximate surface area is 105 Å². The molecule has 0 aromatic carbocycles. The van der Waals surface area contributed by atoms with Crippen molar-refractivity contribution in [1.29, 1.82) is 0 Å². The largest absolute Gasteiger partial charge is 0.328 e. The fourth-order valence-corrected chi connectivity index (χ4v) is 5.92. The average Bonchev–Trinajstić information content (AvgIpc) is 2.30. The maximum Gasteiger partial charge on any atom is 0.127 e. The predicted octanol–water partition coefficient (Wildman–Crippen LogP) is -0.776. The highest BCUT2D eigenvalue weighted by molar-refractivity contribution is 4.98. The van der Waals surface area contributed by atoms with Crippen LogP contribution in [0.5, 0.6) is 0 Å². The van der Waals surface area contributed by atoms with Crippen molar-refractivity contribution < 1.29 is 9.80 Å². The van der Waals surface area contributed by atoms with Crippen LogP contribution < -0.4 is 9.80 Å². The van der Waals surface area contributed by atoms with Crippen molar-refractivity contribution in [2.45, 2.75) is 38.1 Å². The Morgan fingerprint density at radius 1 is 0.706 bits per heavy atom. The van der Waals surface area contributed by atoms with Gasteiger partial charge in [0.2, 0.25) is 0 Å². The molecule has 96 valence electrons. The maximum absolute atomic E-state index is 2.37. The Morgan fingerprint density at radius 3 is 1.76 bits per heavy atom. The molecule has 2 heteroatoms. The normalized spacial score (nSPS) is 57.4. The lowest BCUT2D eigenvalue weighted by Crippen LogP contribution is -3.29. The summed E-state index contributed by atoms with van der Waals surface area (Å²) in [6, 6.07) is 1.08. The smallest absolute Gasteiger partial charge is 0.127 e. The van der Waals surface area contributed by atoms with E-state index in [1.807, 2.05) is 4.90 Å². The minimum absolute atomic E-state index is 1.08. The van der Waals surface area contributed by atoms with Gasteiger partial charge in [-0.15, -0.1) is 0 Å². The average molecular weight is 236 g/mol. The fourth-order valence-electron chi connectivity index (χ4n) is 5.92. The number of piperazine rings is 1. The predicted molar refractivity (Wildman–Crippen MR) is 68.2 cm³/mol. The first-order chi connectivity index (χ1) is 8.29. The van der Waals surface area contributed by atoms with Crippen molar-refractivity contribution in [2.75, 3.05) is 33.2 Å². The molecule has 4 bridgehead atoms. The van der Waals surface area contributed by atoms with Crippen LogP contribution in [0.3, 0.4) is 0 Å². The van der Waals surface area contributed by atoms with E-state index < -0.39 is 0 Å². The molecule has 0 aromatic heterocycles. The minimum Gasteiger partial charge on any atom is -0.328 e. The summed E-state index contributed by atoms with van der Waals surface area (Å²) in [7, 11) is 2.37. The molecule has 5 fully saturated rings. The van der Waals surface area contributed by atoms with Crippen LogP contribution in [0.15, 0.2) is 0 Å². The Morgan fingerprint density at radius 2 is 1.24 bits per heavy atom. The zero-order valence-electron chi connectivity index (χ0n) is 11.3. The molecule has 5 aliphatic rings. The minimum atomic E-state index is 1.08. The Hall–Kier alpha value is -0.0800. The molecule has 0 spiro atoms. The van der Waals surface area contributed by atoms with Crippen LogP contribution in [0, 0.1) is 23.7 Å². The second-order valence-electron chi connectivity index (χ2n) is 7.57. The topological polar surface area (TPSA) is 8.88 Å². The van der Waals surface area contributed by atoms with Gasteiger partial charge in [0.05, 0.1) is 13.1 Å². The van der Waals surface area contributed by atoms with E-state index in [0.29, 0.717) is 0 Å². The highest BCUT2D eigenvalue weighted by Gasteiger charge is 2.52. The zero-order chi connectivity index (χ0) is 11.4. The monoisotopic (exact) mass is 236 g/mol. The van der Waals surface area contributed by atoms with Crippen molar-refractivity contribution in [2.24, 2.45) is 23.7 Å². The summed E-state index contributed by atoms with van der Waals surface area (Å²) in [5.41, 5.74) is 0. The summed E-state index contributed by atoms with van der Waals surface area (Å²) in [4.78, 5) is 3.77. The molecule has 0 radical (unpaired) electrons. The van der Waals surface area contributed by atoms with E-state index in [0.717, 1.165) is 29.7 Å². The molecule has 0 aromatic rings. The van der Waals surface area contributed by atoms with Gasteiger partial charge in [-0.25, -0.2) is 0 Å². The van der Waals surface area contributed by atoms with Crippen LogP contribution in [0.4, 0.5) is 0 Å². The molecule has 0 atom stereocenters. The van der Waals surface area contributed by atoms with Gasteiger partial charge in [0, 0.05) is 11.8 Å². The molecule has 4 aliphatic carbocycles. The van der Waals surface area contributed by atoms with Crippen molar-refractivity contribution >= 4 is 0 Å². The van der Waals surface area contributed by atoms with E-state index in [-0.39, 0.29) is 0 Å². The maximum atomic E-state index is 2.37. The molecule has 2 N–H and O–H groups in total. The molecule has 1 aliphatic heterocycles. The number of hydrogen-bond donors (Lipinski definition) is 2. The molecular weight excluding hydrogens is 208 g/mol. The zero-order valence-corrected chi connectivity index (χ0v) is 11.3. The lowest BCUT2D eigenvalue weighted by atomic mass is 9.54. The Balaban J connectivity index is 1.50. The van der Waals surface area contributed by atoms with Gasteiger partial charge in [-0.05, 0) is 43.9 Å². The van der Waals surface area contributed by atoms with Crippen LogP contribution in [0.2, 0.25) is 0 Å². The van der Waals surface area contributed by atoms with E-state index >= 15 is 0 Å². The summed E-state index contributed by atoms with van der Waals surface area (Å²) < 4.78 is 0. The van der Waals surface area contributed by atoms with Crippen molar-refractivity contribution in [3.63, 3.8) is 0 Å². The van der Waals surface area contributed by atoms with Crippen LogP contribution in [-0.4, -0.2) is 39.3 Å². The first-order valence-electron chi connectivity index (χ1n) is 7.95. The second-order valence-corrected chi connectivity index (χ2v) is 7.57. The molecule has 0 amide bonds. The van der Waals surface area contributed by atoms with E-state index in [2.05, 4.69) is 7.05 Å². The lowest BCUT2D eigenvalue weighted by Gasteiger charge is -2.55. The quantitative estimate of drug-likeness (QED) is 0.591. The van der Waals surface area contributed by atoms with E-state index in [1.54, 1.807) is 37.0 Å². The molecule has 2 nitrogen and oxygen atoms in total. The summed E-state index contributed by atoms with van der Waals surface area (Å²) in [6.45, 7) is 5.74. The van der Waals surface area contributed by atoms with Crippen molar-refractivity contribution in [3.05, 3.63) is 0 Å². The van der Waals surface area contributed by atoms with Crippen LogP contribution in [0.25, 0.3) is 0 Å². The Bertz CT molecular complexity index is 265. The summed E-state index contributed by atoms with van der Waals surface area (Å²) in [6.07, 6.45) is 8.00. The lowest BCUT2D eigenvalue weighted by molar-refractivity contribution is -1.02.